The minimum absolute atomic E-state index is 0.0120. The van der Waals surface area contributed by atoms with Crippen LogP contribution >= 0.6 is 0 Å². The summed E-state index contributed by atoms with van der Waals surface area (Å²) in [6, 6.07) is 18.1. The normalized spacial score (nSPS) is 16.3. The zero-order chi connectivity index (χ0) is 18.4. The van der Waals surface area contributed by atoms with Crippen LogP contribution in [0.5, 0.6) is 0 Å². The first-order valence-corrected chi connectivity index (χ1v) is 9.51. The first-order valence-electron chi connectivity index (χ1n) is 9.51. The molecular formula is C22H28N2O2. The summed E-state index contributed by atoms with van der Waals surface area (Å²) in [6.07, 6.45) is 2.92. The van der Waals surface area contributed by atoms with Crippen LogP contribution in [-0.2, 0) is 4.74 Å². The number of nitrogens with one attached hydrogen (secondary N) is 1. The molecule has 0 fully saturated rings. The number of carbonyl (C=O) groups is 1. The molecule has 1 heterocycles. The van der Waals surface area contributed by atoms with Gasteiger partial charge in [0.1, 0.15) is 0 Å². The number of unbranched alkanes of at least 4 members (excludes halogenated alkanes) is 2. The van der Waals surface area contributed by atoms with Crippen molar-refractivity contribution in [3.05, 3.63) is 65.7 Å². The van der Waals surface area contributed by atoms with E-state index in [1.807, 2.05) is 54.6 Å². The van der Waals surface area contributed by atoms with Gasteiger partial charge in [0.05, 0.1) is 0 Å². The van der Waals surface area contributed by atoms with Gasteiger partial charge in [0.2, 0.25) is 0 Å². The van der Waals surface area contributed by atoms with Crippen molar-refractivity contribution < 1.29 is 9.53 Å². The van der Waals surface area contributed by atoms with E-state index >= 15 is 0 Å². The van der Waals surface area contributed by atoms with E-state index in [1.165, 1.54) is 0 Å². The first-order chi connectivity index (χ1) is 12.7. The maximum Gasteiger partial charge on any atom is 0.261 e. The van der Waals surface area contributed by atoms with Gasteiger partial charge in [-0.1, -0.05) is 50.2 Å². The zero-order valence-corrected chi connectivity index (χ0v) is 15.7. The van der Waals surface area contributed by atoms with Crippen LogP contribution in [-0.4, -0.2) is 25.1 Å². The maximum atomic E-state index is 12.9. The Morgan fingerprint density at radius 3 is 2.50 bits per heavy atom. The van der Waals surface area contributed by atoms with Crippen molar-refractivity contribution >= 4 is 11.6 Å². The van der Waals surface area contributed by atoms with Crippen LogP contribution in [0.15, 0.2) is 54.6 Å². The van der Waals surface area contributed by atoms with Gasteiger partial charge in [-0.05, 0) is 44.0 Å². The second-order valence-electron chi connectivity index (χ2n) is 6.99. The van der Waals surface area contributed by atoms with Crippen molar-refractivity contribution in [1.29, 1.82) is 0 Å². The minimum atomic E-state index is -0.338. The topological polar surface area (TPSA) is 41.6 Å². The van der Waals surface area contributed by atoms with E-state index in [9.17, 15) is 4.79 Å². The Balaban J connectivity index is 1.62. The Labute approximate surface area is 156 Å². The van der Waals surface area contributed by atoms with E-state index in [2.05, 4.69) is 19.2 Å². The molecular weight excluding hydrogens is 324 g/mol. The van der Waals surface area contributed by atoms with Crippen molar-refractivity contribution in [3.63, 3.8) is 0 Å². The molecule has 2 aromatic carbocycles. The second kappa shape index (κ2) is 8.97. The van der Waals surface area contributed by atoms with Gasteiger partial charge in [-0.3, -0.25) is 9.69 Å². The van der Waals surface area contributed by atoms with Crippen LogP contribution in [0.3, 0.4) is 0 Å². The third-order valence-corrected chi connectivity index (χ3v) is 4.59. The molecule has 4 heteroatoms. The highest BCUT2D eigenvalue weighted by molar-refractivity contribution is 6.10. The zero-order valence-electron chi connectivity index (χ0n) is 15.7. The number of carbonyl (C=O) groups excluding carboxylic acids is 1. The summed E-state index contributed by atoms with van der Waals surface area (Å²) in [7, 11) is 0. The lowest BCUT2D eigenvalue weighted by Gasteiger charge is -2.25. The van der Waals surface area contributed by atoms with Crippen molar-refractivity contribution in [3.8, 4) is 0 Å². The Hall–Kier alpha value is -2.17. The summed E-state index contributed by atoms with van der Waals surface area (Å²) in [5.41, 5.74) is 2.57. The van der Waals surface area contributed by atoms with Crippen molar-refractivity contribution in [2.75, 3.05) is 18.1 Å². The molecule has 0 aromatic heterocycles. The van der Waals surface area contributed by atoms with E-state index < -0.39 is 0 Å². The standard InChI is InChI=1S/C22H28N2O2/c1-17(2)23-15-9-4-10-16-26-22-20-14-8-7-13-19(20)21(25)24(22)18-11-5-3-6-12-18/h3,5-8,11-14,17,22-23H,4,9-10,15-16H2,1-2H3. The van der Waals surface area contributed by atoms with Crippen LogP contribution in [0.25, 0.3) is 0 Å². The molecule has 1 aliphatic rings. The van der Waals surface area contributed by atoms with Crippen molar-refractivity contribution in [2.24, 2.45) is 0 Å². The van der Waals surface area contributed by atoms with Gasteiger partial charge in [0.25, 0.3) is 5.91 Å². The molecule has 1 N–H and O–H groups in total. The number of benzene rings is 2. The number of hydrogen-bond donors (Lipinski definition) is 1. The Morgan fingerprint density at radius 1 is 1.00 bits per heavy atom. The van der Waals surface area contributed by atoms with Gasteiger partial charge in [-0.25, -0.2) is 0 Å². The Bertz CT molecular complexity index is 715. The quantitative estimate of drug-likeness (QED) is 0.674. The minimum Gasteiger partial charge on any atom is -0.354 e. The summed E-state index contributed by atoms with van der Waals surface area (Å²) in [5.74, 6) is 0.0120. The number of rotatable bonds is 9. The summed E-state index contributed by atoms with van der Waals surface area (Å²) in [6.45, 7) is 6.02. The molecule has 1 unspecified atom stereocenters. The fraction of sp³-hybridized carbons (Fsp3) is 0.409. The smallest absolute Gasteiger partial charge is 0.261 e. The predicted octanol–water partition coefficient (Wildman–Crippen LogP) is 4.53. The fourth-order valence-corrected chi connectivity index (χ4v) is 3.28. The highest BCUT2D eigenvalue weighted by Gasteiger charge is 2.38. The summed E-state index contributed by atoms with van der Waals surface area (Å²) < 4.78 is 6.18. The van der Waals surface area contributed by atoms with Crippen molar-refractivity contribution in [1.82, 2.24) is 5.32 Å². The summed E-state index contributed by atoms with van der Waals surface area (Å²) in [5, 5.41) is 3.43. The molecule has 0 spiro atoms. The third kappa shape index (κ3) is 4.32. The third-order valence-electron chi connectivity index (χ3n) is 4.59. The predicted molar refractivity (Wildman–Crippen MR) is 105 cm³/mol. The summed E-state index contributed by atoms with van der Waals surface area (Å²) in [4.78, 5) is 14.7. The van der Waals surface area contributed by atoms with Crippen LogP contribution in [0.2, 0.25) is 0 Å². The van der Waals surface area contributed by atoms with Gasteiger partial charge >= 0.3 is 0 Å². The molecule has 0 saturated heterocycles. The summed E-state index contributed by atoms with van der Waals surface area (Å²) >= 11 is 0. The molecule has 0 saturated carbocycles. The molecule has 0 aliphatic carbocycles. The number of hydrogen-bond acceptors (Lipinski definition) is 3. The average Bonchev–Trinajstić information content (AvgIpc) is 2.94. The molecule has 1 aliphatic heterocycles. The molecule has 4 nitrogen and oxygen atoms in total. The van der Waals surface area contributed by atoms with Gasteiger partial charge in [0.15, 0.2) is 6.23 Å². The lowest BCUT2D eigenvalue weighted by molar-refractivity contribution is 0.0498. The van der Waals surface area contributed by atoms with Gasteiger partial charge in [-0.2, -0.15) is 0 Å². The van der Waals surface area contributed by atoms with Crippen LogP contribution in [0, 0.1) is 0 Å². The van der Waals surface area contributed by atoms with E-state index in [1.54, 1.807) is 4.90 Å². The monoisotopic (exact) mass is 352 g/mol. The van der Waals surface area contributed by atoms with Crippen LogP contribution < -0.4 is 10.2 Å². The molecule has 2 aromatic rings. The fourth-order valence-electron chi connectivity index (χ4n) is 3.28. The van der Waals surface area contributed by atoms with Crippen LogP contribution in [0.4, 0.5) is 5.69 Å². The lowest BCUT2D eigenvalue weighted by Crippen LogP contribution is -2.29. The number of para-hydroxylation sites is 1. The van der Waals surface area contributed by atoms with E-state index in [0.29, 0.717) is 12.6 Å². The Morgan fingerprint density at radius 2 is 1.73 bits per heavy atom. The molecule has 138 valence electrons. The Kier molecular flexibility index (Phi) is 6.42. The second-order valence-corrected chi connectivity index (χ2v) is 6.99. The number of fused-ring (bicyclic) bond motifs is 1. The molecule has 0 bridgehead atoms. The number of nitrogens with zero attached hydrogens (tertiary/aromatic N) is 1. The van der Waals surface area contributed by atoms with E-state index in [4.69, 9.17) is 4.74 Å². The van der Waals surface area contributed by atoms with Gasteiger partial charge < -0.3 is 10.1 Å². The number of amides is 1. The van der Waals surface area contributed by atoms with Crippen LogP contribution in [0.1, 0.15) is 55.3 Å². The largest absolute Gasteiger partial charge is 0.354 e. The number of ether oxygens (including phenoxy) is 1. The average molecular weight is 352 g/mol. The SMILES string of the molecule is CC(C)NCCCCCOC1c2ccccc2C(=O)N1c1ccccc1. The molecule has 1 atom stereocenters. The molecule has 1 amide bonds. The highest BCUT2D eigenvalue weighted by Crippen LogP contribution is 2.38. The highest BCUT2D eigenvalue weighted by atomic mass is 16.5. The molecule has 0 radical (unpaired) electrons. The van der Waals surface area contributed by atoms with Crippen molar-refractivity contribution in [2.45, 2.75) is 45.4 Å². The maximum absolute atomic E-state index is 12.9. The van der Waals surface area contributed by atoms with E-state index in [0.717, 1.165) is 42.6 Å². The van der Waals surface area contributed by atoms with Gasteiger partial charge in [-0.15, -0.1) is 0 Å². The molecule has 26 heavy (non-hydrogen) atoms. The lowest BCUT2D eigenvalue weighted by atomic mass is 10.1. The number of anilines is 1. The molecule has 3 rings (SSSR count). The van der Waals surface area contributed by atoms with Gasteiger partial charge in [0, 0.05) is 29.5 Å². The first kappa shape index (κ1) is 18.6. The van der Waals surface area contributed by atoms with E-state index in [-0.39, 0.29) is 12.1 Å².